The minimum absolute atomic E-state index is 0.0675. The fraction of sp³-hybridized carbons (Fsp3) is 0.250. The van der Waals surface area contributed by atoms with Crippen molar-refractivity contribution < 1.29 is 23.4 Å². The second kappa shape index (κ2) is 6.29. The second-order valence-electron chi connectivity index (χ2n) is 6.10. The van der Waals surface area contributed by atoms with E-state index < -0.39 is 0 Å². The van der Waals surface area contributed by atoms with E-state index in [9.17, 15) is 4.79 Å². The molecule has 0 radical (unpaired) electrons. The molecule has 6 nitrogen and oxygen atoms in total. The summed E-state index contributed by atoms with van der Waals surface area (Å²) in [5, 5.41) is 3.90. The Morgan fingerprint density at radius 1 is 1.08 bits per heavy atom. The number of para-hydroxylation sites is 1. The van der Waals surface area contributed by atoms with Gasteiger partial charge in [-0.15, -0.1) is 0 Å². The van der Waals surface area contributed by atoms with Crippen LogP contribution in [-0.2, 0) is 4.79 Å². The third kappa shape index (κ3) is 2.37. The van der Waals surface area contributed by atoms with Crippen LogP contribution in [0.2, 0.25) is 0 Å². The Morgan fingerprint density at radius 2 is 1.85 bits per heavy atom. The summed E-state index contributed by atoms with van der Waals surface area (Å²) in [5.41, 5.74) is 3.25. The van der Waals surface area contributed by atoms with E-state index in [4.69, 9.17) is 18.6 Å². The van der Waals surface area contributed by atoms with Crippen molar-refractivity contribution in [2.75, 3.05) is 26.6 Å². The average molecular weight is 353 g/mol. The highest BCUT2D eigenvalue weighted by molar-refractivity contribution is 5.98. The molecule has 0 bridgehead atoms. The Hall–Kier alpha value is -3.15. The Kier molecular flexibility index (Phi) is 3.95. The number of nitrogens with one attached hydrogen (secondary N) is 1. The van der Waals surface area contributed by atoms with Crippen molar-refractivity contribution >= 4 is 22.6 Å². The third-order valence-electron chi connectivity index (χ3n) is 4.77. The van der Waals surface area contributed by atoms with Crippen LogP contribution < -0.4 is 19.5 Å². The Balaban J connectivity index is 1.99. The van der Waals surface area contributed by atoms with Crippen LogP contribution in [0.5, 0.6) is 17.2 Å². The summed E-state index contributed by atoms with van der Waals surface area (Å²) >= 11 is 0. The molecule has 1 N–H and O–H groups in total. The van der Waals surface area contributed by atoms with E-state index >= 15 is 0 Å². The van der Waals surface area contributed by atoms with Gasteiger partial charge in [0, 0.05) is 34.9 Å². The average Bonchev–Trinajstić information content (AvgIpc) is 3.09. The second-order valence-corrected chi connectivity index (χ2v) is 6.10. The molecule has 26 heavy (non-hydrogen) atoms. The number of rotatable bonds is 4. The summed E-state index contributed by atoms with van der Waals surface area (Å²) in [5.74, 6) is 1.28. The first-order chi connectivity index (χ1) is 12.7. The summed E-state index contributed by atoms with van der Waals surface area (Å²) in [7, 11) is 4.70. The van der Waals surface area contributed by atoms with E-state index in [1.807, 2.05) is 24.3 Å². The van der Waals surface area contributed by atoms with Crippen LogP contribution in [0.3, 0.4) is 0 Å². The van der Waals surface area contributed by atoms with Gasteiger partial charge in [0.05, 0.1) is 33.3 Å². The van der Waals surface area contributed by atoms with Gasteiger partial charge < -0.3 is 23.9 Å². The highest BCUT2D eigenvalue weighted by atomic mass is 16.5. The molecule has 0 aliphatic carbocycles. The van der Waals surface area contributed by atoms with Gasteiger partial charge in [-0.3, -0.25) is 4.79 Å². The molecule has 6 heteroatoms. The number of methoxy groups -OCH3 is 3. The van der Waals surface area contributed by atoms with Gasteiger partial charge in [0.1, 0.15) is 5.58 Å². The van der Waals surface area contributed by atoms with Crippen molar-refractivity contribution in [1.82, 2.24) is 0 Å². The number of amides is 1. The number of benzene rings is 2. The normalized spacial score (nSPS) is 16.1. The number of furan rings is 1. The molecule has 134 valence electrons. The van der Waals surface area contributed by atoms with E-state index in [1.54, 1.807) is 33.7 Å². The molecule has 0 spiro atoms. The van der Waals surface area contributed by atoms with Gasteiger partial charge in [-0.25, -0.2) is 0 Å². The van der Waals surface area contributed by atoms with Crippen LogP contribution in [0.15, 0.2) is 41.0 Å². The number of hydrogen-bond acceptors (Lipinski definition) is 5. The van der Waals surface area contributed by atoms with Crippen molar-refractivity contribution in [3.05, 3.63) is 47.7 Å². The Labute approximate surface area is 150 Å². The topological polar surface area (TPSA) is 69.9 Å². The largest absolute Gasteiger partial charge is 0.493 e. The summed E-state index contributed by atoms with van der Waals surface area (Å²) in [6.07, 6.45) is 2.01. The van der Waals surface area contributed by atoms with Crippen LogP contribution >= 0.6 is 0 Å². The van der Waals surface area contributed by atoms with Crippen LogP contribution in [0, 0.1) is 0 Å². The van der Waals surface area contributed by atoms with Crippen LogP contribution in [-0.4, -0.2) is 27.2 Å². The smallest absolute Gasteiger partial charge is 0.225 e. The number of anilines is 1. The molecule has 1 unspecified atom stereocenters. The summed E-state index contributed by atoms with van der Waals surface area (Å²) in [6, 6.07) is 9.55. The van der Waals surface area contributed by atoms with Gasteiger partial charge >= 0.3 is 0 Å². The minimum atomic E-state index is -0.211. The van der Waals surface area contributed by atoms with E-state index in [0.29, 0.717) is 29.4 Å². The van der Waals surface area contributed by atoms with Gasteiger partial charge in [0.25, 0.3) is 0 Å². The molecule has 2 aromatic carbocycles. The molecule has 0 saturated carbocycles. The van der Waals surface area contributed by atoms with E-state index in [2.05, 4.69) is 5.32 Å². The van der Waals surface area contributed by atoms with Gasteiger partial charge in [0.2, 0.25) is 11.7 Å². The first-order valence-corrected chi connectivity index (χ1v) is 8.26. The molecule has 2 heterocycles. The predicted molar refractivity (Wildman–Crippen MR) is 97.4 cm³/mol. The Morgan fingerprint density at radius 3 is 2.58 bits per heavy atom. The highest BCUT2D eigenvalue weighted by Crippen LogP contribution is 2.52. The quantitative estimate of drug-likeness (QED) is 0.769. The molecule has 1 atom stereocenters. The number of carbonyl (C=O) groups is 1. The van der Waals surface area contributed by atoms with Crippen molar-refractivity contribution in [2.24, 2.45) is 0 Å². The fourth-order valence-corrected chi connectivity index (χ4v) is 3.65. The molecule has 4 rings (SSSR count). The van der Waals surface area contributed by atoms with E-state index in [1.165, 1.54) is 0 Å². The van der Waals surface area contributed by atoms with E-state index in [-0.39, 0.29) is 11.8 Å². The first-order valence-electron chi connectivity index (χ1n) is 8.26. The lowest BCUT2D eigenvalue weighted by Crippen LogP contribution is -2.24. The van der Waals surface area contributed by atoms with Gasteiger partial charge in [-0.1, -0.05) is 18.2 Å². The maximum Gasteiger partial charge on any atom is 0.225 e. The molecule has 3 aromatic rings. The minimum Gasteiger partial charge on any atom is -0.493 e. The fourth-order valence-electron chi connectivity index (χ4n) is 3.65. The maximum absolute atomic E-state index is 12.4. The van der Waals surface area contributed by atoms with Crippen molar-refractivity contribution in [3.63, 3.8) is 0 Å². The lowest BCUT2D eigenvalue weighted by molar-refractivity contribution is -0.116. The molecule has 1 amide bonds. The zero-order chi connectivity index (χ0) is 18.3. The zero-order valence-corrected chi connectivity index (χ0v) is 14.8. The monoisotopic (exact) mass is 353 g/mol. The SMILES string of the molecule is COc1cc2c(c(OC)c1OC)C(c1coc3ccccc13)CC(=O)N2. The number of fused-ring (bicyclic) bond motifs is 2. The molecule has 1 aliphatic rings. The molecule has 1 aromatic heterocycles. The molecule has 0 saturated heterocycles. The predicted octanol–water partition coefficient (Wildman–Crippen LogP) is 3.93. The third-order valence-corrected chi connectivity index (χ3v) is 4.77. The van der Waals surface area contributed by atoms with Crippen molar-refractivity contribution in [2.45, 2.75) is 12.3 Å². The van der Waals surface area contributed by atoms with Gasteiger partial charge in [-0.2, -0.15) is 0 Å². The molecule has 1 aliphatic heterocycles. The van der Waals surface area contributed by atoms with Crippen molar-refractivity contribution in [1.29, 1.82) is 0 Å². The Bertz CT molecular complexity index is 991. The lowest BCUT2D eigenvalue weighted by Gasteiger charge is -2.29. The zero-order valence-electron chi connectivity index (χ0n) is 14.8. The highest BCUT2D eigenvalue weighted by Gasteiger charge is 2.34. The van der Waals surface area contributed by atoms with E-state index in [0.717, 1.165) is 22.1 Å². The van der Waals surface area contributed by atoms with Crippen LogP contribution in [0.1, 0.15) is 23.5 Å². The van der Waals surface area contributed by atoms with Crippen LogP contribution in [0.4, 0.5) is 5.69 Å². The number of carbonyl (C=O) groups excluding carboxylic acids is 1. The molecular formula is C20H19NO5. The molecule has 0 fully saturated rings. The number of ether oxygens (including phenoxy) is 3. The van der Waals surface area contributed by atoms with Crippen LogP contribution in [0.25, 0.3) is 11.0 Å². The van der Waals surface area contributed by atoms with Crippen molar-refractivity contribution in [3.8, 4) is 17.2 Å². The maximum atomic E-state index is 12.4. The first kappa shape index (κ1) is 16.3. The lowest BCUT2D eigenvalue weighted by atomic mass is 9.83. The number of hydrogen-bond donors (Lipinski definition) is 1. The van der Waals surface area contributed by atoms with Gasteiger partial charge in [-0.05, 0) is 6.07 Å². The summed E-state index contributed by atoms with van der Waals surface area (Å²) in [6.45, 7) is 0. The standard InChI is InChI=1S/C20H19NO5/c1-23-16-9-14-18(20(25-3)19(16)24-2)12(8-17(22)21-14)13-10-26-15-7-5-4-6-11(13)15/h4-7,9-10,12H,8H2,1-3H3,(H,21,22). The summed E-state index contributed by atoms with van der Waals surface area (Å²) < 4.78 is 22.3. The molecular weight excluding hydrogens is 334 g/mol. The summed E-state index contributed by atoms with van der Waals surface area (Å²) in [4.78, 5) is 12.4. The van der Waals surface area contributed by atoms with Gasteiger partial charge in [0.15, 0.2) is 11.5 Å².